The Morgan fingerprint density at radius 2 is 2.04 bits per heavy atom. The van der Waals surface area contributed by atoms with Crippen molar-refractivity contribution in [3.8, 4) is 5.75 Å². The highest BCUT2D eigenvalue weighted by atomic mass is 35.5. The van der Waals surface area contributed by atoms with Crippen molar-refractivity contribution in [2.45, 2.75) is 19.4 Å². The second-order valence-electron chi connectivity index (χ2n) is 5.75. The van der Waals surface area contributed by atoms with E-state index >= 15 is 0 Å². The number of carbonyl (C=O) groups excluding carboxylic acids is 1. The molecule has 6 nitrogen and oxygen atoms in total. The van der Waals surface area contributed by atoms with Crippen molar-refractivity contribution in [2.75, 3.05) is 14.2 Å². The number of halogens is 2. The number of hydrogen-bond donors (Lipinski definition) is 0. The molecule has 0 aromatic heterocycles. The Kier molecular flexibility index (Phi) is 6.52. The van der Waals surface area contributed by atoms with E-state index in [1.54, 1.807) is 13.1 Å². The molecule has 1 amide bonds. The van der Waals surface area contributed by atoms with Crippen LogP contribution in [0.4, 0.5) is 10.1 Å². The topological polar surface area (TPSA) is 72.7 Å². The third-order valence-electron chi connectivity index (χ3n) is 3.92. The van der Waals surface area contributed by atoms with E-state index in [-0.39, 0.29) is 30.3 Å². The molecular weight excluding hydrogens is 363 g/mol. The fourth-order valence-corrected chi connectivity index (χ4v) is 2.62. The summed E-state index contributed by atoms with van der Waals surface area (Å²) in [5, 5.41) is 11.2. The van der Waals surface area contributed by atoms with Gasteiger partial charge in [-0.2, -0.15) is 0 Å². The summed E-state index contributed by atoms with van der Waals surface area (Å²) in [6.45, 7) is 0.149. The summed E-state index contributed by atoms with van der Waals surface area (Å²) in [5.41, 5.74) is 1.09. The second kappa shape index (κ2) is 8.62. The Labute approximate surface area is 155 Å². The van der Waals surface area contributed by atoms with Gasteiger partial charge in [0.1, 0.15) is 0 Å². The fraction of sp³-hybridized carbons (Fsp3) is 0.278. The van der Waals surface area contributed by atoms with Gasteiger partial charge in [0.15, 0.2) is 11.6 Å². The molecule has 8 heteroatoms. The van der Waals surface area contributed by atoms with Gasteiger partial charge in [-0.05, 0) is 35.7 Å². The van der Waals surface area contributed by atoms with Gasteiger partial charge in [0.2, 0.25) is 5.91 Å². The minimum Gasteiger partial charge on any atom is -0.494 e. The predicted molar refractivity (Wildman–Crippen MR) is 95.9 cm³/mol. The highest BCUT2D eigenvalue weighted by Crippen LogP contribution is 2.23. The van der Waals surface area contributed by atoms with Crippen molar-refractivity contribution < 1.29 is 18.8 Å². The Balaban J connectivity index is 1.98. The summed E-state index contributed by atoms with van der Waals surface area (Å²) in [4.78, 5) is 24.1. The van der Waals surface area contributed by atoms with Crippen LogP contribution in [0.25, 0.3) is 0 Å². The van der Waals surface area contributed by atoms with Crippen molar-refractivity contribution in [1.82, 2.24) is 4.90 Å². The number of nitrogens with zero attached hydrogens (tertiary/aromatic N) is 2. The first kappa shape index (κ1) is 19.7. The third-order valence-corrected chi connectivity index (χ3v) is 4.29. The van der Waals surface area contributed by atoms with Gasteiger partial charge in [-0.15, -0.1) is 0 Å². The number of aryl methyl sites for hydroxylation is 1. The first-order valence-corrected chi connectivity index (χ1v) is 8.18. The number of methoxy groups -OCH3 is 1. The molecule has 26 heavy (non-hydrogen) atoms. The molecule has 0 N–H and O–H groups in total. The normalized spacial score (nSPS) is 10.5. The van der Waals surface area contributed by atoms with Gasteiger partial charge in [0, 0.05) is 37.2 Å². The van der Waals surface area contributed by atoms with Crippen LogP contribution in [0.3, 0.4) is 0 Å². The van der Waals surface area contributed by atoms with Crippen LogP contribution >= 0.6 is 11.6 Å². The molecule has 0 saturated heterocycles. The number of carbonyl (C=O) groups is 1. The van der Waals surface area contributed by atoms with Gasteiger partial charge in [-0.1, -0.05) is 17.7 Å². The highest BCUT2D eigenvalue weighted by molar-refractivity contribution is 6.31. The summed E-state index contributed by atoms with van der Waals surface area (Å²) in [6.07, 6.45) is 0.543. The standard InChI is InChI=1S/C18H18ClFN2O4/c1-21(11-13-10-14(22(24)25)5-6-15(13)19)18(23)8-4-12-3-7-17(26-2)16(20)9-12/h3,5-7,9-10H,4,8,11H2,1-2H3. The van der Waals surface area contributed by atoms with Crippen LogP contribution in [0.2, 0.25) is 5.02 Å². The molecular formula is C18H18ClFN2O4. The van der Waals surface area contributed by atoms with Crippen molar-refractivity contribution in [2.24, 2.45) is 0 Å². The fourth-order valence-electron chi connectivity index (χ4n) is 2.45. The first-order chi connectivity index (χ1) is 12.3. The molecule has 0 fully saturated rings. The lowest BCUT2D eigenvalue weighted by atomic mass is 10.1. The number of non-ortho nitro benzene ring substituents is 1. The van der Waals surface area contributed by atoms with E-state index < -0.39 is 10.7 Å². The molecule has 0 aliphatic rings. The number of benzene rings is 2. The van der Waals surface area contributed by atoms with Crippen LogP contribution in [0, 0.1) is 15.9 Å². The number of nitro groups is 1. The van der Waals surface area contributed by atoms with Gasteiger partial charge in [0.25, 0.3) is 5.69 Å². The molecule has 2 aromatic rings. The van der Waals surface area contributed by atoms with Crippen molar-refractivity contribution >= 4 is 23.2 Å². The van der Waals surface area contributed by atoms with E-state index in [0.29, 0.717) is 22.6 Å². The highest BCUT2D eigenvalue weighted by Gasteiger charge is 2.15. The van der Waals surface area contributed by atoms with E-state index in [2.05, 4.69) is 0 Å². The summed E-state index contributed by atoms with van der Waals surface area (Å²) >= 11 is 6.05. The number of nitro benzene ring substituents is 1. The lowest BCUT2D eigenvalue weighted by Crippen LogP contribution is -2.26. The monoisotopic (exact) mass is 380 g/mol. The van der Waals surface area contributed by atoms with E-state index in [9.17, 15) is 19.3 Å². The van der Waals surface area contributed by atoms with Crippen LogP contribution in [-0.4, -0.2) is 29.9 Å². The maximum atomic E-state index is 13.7. The van der Waals surface area contributed by atoms with Gasteiger partial charge in [-0.25, -0.2) is 4.39 Å². The minimum atomic E-state index is -0.514. The summed E-state index contributed by atoms with van der Waals surface area (Å²) in [5.74, 6) is -0.504. The summed E-state index contributed by atoms with van der Waals surface area (Å²) < 4.78 is 18.5. The van der Waals surface area contributed by atoms with Crippen LogP contribution in [0.15, 0.2) is 36.4 Å². The Bertz CT molecular complexity index is 829. The Morgan fingerprint density at radius 1 is 1.31 bits per heavy atom. The molecule has 0 atom stereocenters. The average Bonchev–Trinajstić information content (AvgIpc) is 2.61. The smallest absolute Gasteiger partial charge is 0.269 e. The van der Waals surface area contributed by atoms with Crippen LogP contribution in [0.1, 0.15) is 17.5 Å². The predicted octanol–water partition coefficient (Wildman–Crippen LogP) is 3.99. The zero-order chi connectivity index (χ0) is 19.3. The second-order valence-corrected chi connectivity index (χ2v) is 6.16. The van der Waals surface area contributed by atoms with Gasteiger partial charge in [-0.3, -0.25) is 14.9 Å². The third kappa shape index (κ3) is 4.92. The van der Waals surface area contributed by atoms with Crippen LogP contribution in [-0.2, 0) is 17.8 Å². The quantitative estimate of drug-likeness (QED) is 0.538. The summed E-state index contributed by atoms with van der Waals surface area (Å²) in [6, 6.07) is 8.65. The molecule has 0 aliphatic heterocycles. The van der Waals surface area contributed by atoms with Gasteiger partial charge in [0.05, 0.1) is 12.0 Å². The molecule has 0 heterocycles. The van der Waals surface area contributed by atoms with Crippen LogP contribution in [0.5, 0.6) is 5.75 Å². The maximum Gasteiger partial charge on any atom is 0.269 e. The minimum absolute atomic E-state index is 0.0843. The van der Waals surface area contributed by atoms with Crippen molar-refractivity contribution in [1.29, 1.82) is 0 Å². The Morgan fingerprint density at radius 3 is 2.65 bits per heavy atom. The number of amides is 1. The zero-order valence-corrected chi connectivity index (χ0v) is 15.1. The van der Waals surface area contributed by atoms with E-state index in [1.165, 1.54) is 42.3 Å². The SMILES string of the molecule is COc1ccc(CCC(=O)N(C)Cc2cc([N+](=O)[O-])ccc2Cl)cc1F. The lowest BCUT2D eigenvalue weighted by molar-refractivity contribution is -0.384. The molecule has 0 spiro atoms. The molecule has 0 radical (unpaired) electrons. The van der Waals surface area contributed by atoms with Crippen molar-refractivity contribution in [3.63, 3.8) is 0 Å². The lowest BCUT2D eigenvalue weighted by Gasteiger charge is -2.18. The molecule has 2 rings (SSSR count). The summed E-state index contributed by atoms with van der Waals surface area (Å²) in [7, 11) is 2.97. The Hall–Kier alpha value is -2.67. The van der Waals surface area contributed by atoms with Gasteiger partial charge >= 0.3 is 0 Å². The van der Waals surface area contributed by atoms with Crippen molar-refractivity contribution in [3.05, 3.63) is 68.5 Å². The average molecular weight is 381 g/mol. The largest absolute Gasteiger partial charge is 0.494 e. The van der Waals surface area contributed by atoms with E-state index in [4.69, 9.17) is 16.3 Å². The molecule has 0 saturated carbocycles. The number of rotatable bonds is 7. The molecule has 0 unspecified atom stereocenters. The molecule has 2 aromatic carbocycles. The van der Waals surface area contributed by atoms with Gasteiger partial charge < -0.3 is 9.64 Å². The van der Waals surface area contributed by atoms with E-state index in [0.717, 1.165) is 0 Å². The van der Waals surface area contributed by atoms with Crippen LogP contribution < -0.4 is 4.74 Å². The van der Waals surface area contributed by atoms with E-state index in [1.807, 2.05) is 0 Å². The zero-order valence-electron chi connectivity index (χ0n) is 14.4. The first-order valence-electron chi connectivity index (χ1n) is 7.81. The molecule has 138 valence electrons. The molecule has 0 bridgehead atoms. The maximum absolute atomic E-state index is 13.7. The number of ether oxygens (including phenoxy) is 1. The number of hydrogen-bond acceptors (Lipinski definition) is 4. The molecule has 0 aliphatic carbocycles.